The third kappa shape index (κ3) is 5.30. The number of carbonyl (C=O) groups is 1. The van der Waals surface area contributed by atoms with Gasteiger partial charge >= 0.3 is 0 Å². The first kappa shape index (κ1) is 14.8. The molecule has 0 radical (unpaired) electrons. The number of carbonyl (C=O) groups excluding carboxylic acids is 1. The van der Waals surface area contributed by atoms with Crippen LogP contribution in [0, 0.1) is 5.41 Å². The van der Waals surface area contributed by atoms with E-state index in [4.69, 9.17) is 0 Å². The summed E-state index contributed by atoms with van der Waals surface area (Å²) in [7, 11) is 0. The van der Waals surface area contributed by atoms with Crippen LogP contribution in [0.15, 0.2) is 0 Å². The first-order valence-corrected chi connectivity index (χ1v) is 8.06. The largest absolute Gasteiger partial charge is 0.356 e. The smallest absolute Gasteiger partial charge is 0.227 e. The zero-order valence-corrected chi connectivity index (χ0v) is 12.0. The fourth-order valence-corrected chi connectivity index (χ4v) is 2.64. The molecule has 1 unspecified atom stereocenters. The van der Waals surface area contributed by atoms with Crippen molar-refractivity contribution in [3.8, 4) is 0 Å². The molecule has 0 aliphatic carbocycles. The Balaban J connectivity index is 2.00. The van der Waals surface area contributed by atoms with Gasteiger partial charge in [0.05, 0.1) is 5.41 Å². The molecule has 1 rings (SSSR count). The highest BCUT2D eigenvalue weighted by Gasteiger charge is 2.35. The highest BCUT2D eigenvalue weighted by molar-refractivity contribution is 7.98. The number of unbranched alkanes of at least 4 members (excludes halogenated alkanes) is 3. The molecule has 1 fully saturated rings. The lowest BCUT2D eigenvalue weighted by Gasteiger charge is -2.21. The molecule has 0 aromatic heterocycles. The number of hydrogen-bond acceptors (Lipinski definition) is 3. The Morgan fingerprint density at radius 2 is 2.12 bits per heavy atom. The molecule has 4 heteroatoms. The quantitative estimate of drug-likeness (QED) is 0.655. The van der Waals surface area contributed by atoms with Crippen LogP contribution in [0.2, 0.25) is 0 Å². The summed E-state index contributed by atoms with van der Waals surface area (Å²) in [5, 5.41) is 6.33. The number of thioether (sulfide) groups is 1. The number of hydrogen-bond donors (Lipinski definition) is 2. The molecule has 17 heavy (non-hydrogen) atoms. The summed E-state index contributed by atoms with van der Waals surface area (Å²) >= 11 is 1.91. The molecule has 1 aliphatic heterocycles. The zero-order chi connectivity index (χ0) is 12.6. The van der Waals surface area contributed by atoms with Crippen molar-refractivity contribution < 1.29 is 4.79 Å². The zero-order valence-electron chi connectivity index (χ0n) is 11.2. The van der Waals surface area contributed by atoms with Gasteiger partial charge in [0.25, 0.3) is 0 Å². The van der Waals surface area contributed by atoms with Crippen molar-refractivity contribution in [1.29, 1.82) is 0 Å². The van der Waals surface area contributed by atoms with E-state index in [1.807, 2.05) is 11.8 Å². The van der Waals surface area contributed by atoms with Crippen molar-refractivity contribution in [2.75, 3.05) is 31.6 Å². The molecular formula is C13H26N2OS. The van der Waals surface area contributed by atoms with Gasteiger partial charge in [-0.15, -0.1) is 0 Å². The maximum atomic E-state index is 11.9. The minimum absolute atomic E-state index is 0.168. The molecule has 0 aromatic rings. The Morgan fingerprint density at radius 3 is 2.76 bits per heavy atom. The van der Waals surface area contributed by atoms with Crippen molar-refractivity contribution in [3.05, 3.63) is 0 Å². The summed E-state index contributed by atoms with van der Waals surface area (Å²) < 4.78 is 0. The van der Waals surface area contributed by atoms with Crippen molar-refractivity contribution in [1.82, 2.24) is 10.6 Å². The lowest BCUT2D eigenvalue weighted by Crippen LogP contribution is -2.40. The summed E-state index contributed by atoms with van der Waals surface area (Å²) in [5.74, 6) is 1.49. The highest BCUT2D eigenvalue weighted by atomic mass is 32.2. The molecule has 0 saturated carbocycles. The third-order valence-corrected chi connectivity index (χ3v) is 4.17. The molecule has 2 N–H and O–H groups in total. The Hall–Kier alpha value is -0.220. The van der Waals surface area contributed by atoms with Gasteiger partial charge in [0.15, 0.2) is 0 Å². The van der Waals surface area contributed by atoms with Crippen LogP contribution in [0.4, 0.5) is 0 Å². The van der Waals surface area contributed by atoms with Crippen LogP contribution in [-0.4, -0.2) is 37.6 Å². The van der Waals surface area contributed by atoms with Gasteiger partial charge in [0, 0.05) is 13.1 Å². The first-order chi connectivity index (χ1) is 8.19. The maximum absolute atomic E-state index is 11.9. The van der Waals surface area contributed by atoms with Crippen molar-refractivity contribution >= 4 is 17.7 Å². The van der Waals surface area contributed by atoms with E-state index in [-0.39, 0.29) is 11.3 Å². The van der Waals surface area contributed by atoms with Crippen molar-refractivity contribution in [2.45, 2.75) is 39.0 Å². The molecule has 3 nitrogen and oxygen atoms in total. The van der Waals surface area contributed by atoms with E-state index in [2.05, 4.69) is 23.8 Å². The molecule has 1 aliphatic rings. The lowest BCUT2D eigenvalue weighted by atomic mass is 9.89. The highest BCUT2D eigenvalue weighted by Crippen LogP contribution is 2.24. The van der Waals surface area contributed by atoms with Crippen molar-refractivity contribution in [2.24, 2.45) is 5.41 Å². The topological polar surface area (TPSA) is 41.1 Å². The average molecular weight is 258 g/mol. The third-order valence-electron chi connectivity index (χ3n) is 3.48. The van der Waals surface area contributed by atoms with Crippen LogP contribution < -0.4 is 10.6 Å². The van der Waals surface area contributed by atoms with Crippen LogP contribution >= 0.6 is 11.8 Å². The van der Waals surface area contributed by atoms with Gasteiger partial charge in [-0.25, -0.2) is 0 Å². The van der Waals surface area contributed by atoms with E-state index in [1.165, 1.54) is 25.0 Å². The summed E-state index contributed by atoms with van der Waals surface area (Å²) in [6.07, 6.45) is 8.05. The summed E-state index contributed by atoms with van der Waals surface area (Å²) in [6, 6.07) is 0. The van der Waals surface area contributed by atoms with E-state index < -0.39 is 0 Å². The molecule has 100 valence electrons. The van der Waals surface area contributed by atoms with Crippen LogP contribution in [0.1, 0.15) is 39.0 Å². The van der Waals surface area contributed by atoms with Gasteiger partial charge in [-0.05, 0) is 44.7 Å². The van der Waals surface area contributed by atoms with E-state index in [1.54, 1.807) is 0 Å². The van der Waals surface area contributed by atoms with E-state index in [0.29, 0.717) is 0 Å². The standard InChI is InChI=1S/C13H26N2OS/c1-13(7-9-14-11-13)12(16)15-8-5-3-4-6-10-17-2/h14H,3-11H2,1-2H3,(H,15,16). The summed E-state index contributed by atoms with van der Waals surface area (Å²) in [5.41, 5.74) is -0.168. The van der Waals surface area contributed by atoms with Crippen LogP contribution in [0.5, 0.6) is 0 Å². The normalized spacial score (nSPS) is 23.9. The van der Waals surface area contributed by atoms with Gasteiger partial charge in [0.1, 0.15) is 0 Å². The van der Waals surface area contributed by atoms with E-state index in [0.717, 1.165) is 32.5 Å². The molecule has 0 bridgehead atoms. The predicted octanol–water partition coefficient (Wildman–Crippen LogP) is 2.03. The summed E-state index contributed by atoms with van der Waals surface area (Å²) in [4.78, 5) is 11.9. The van der Waals surface area contributed by atoms with Gasteiger partial charge in [-0.3, -0.25) is 4.79 Å². The fraction of sp³-hybridized carbons (Fsp3) is 0.923. The second-order valence-corrected chi connectivity index (χ2v) is 6.14. The van der Waals surface area contributed by atoms with Crippen LogP contribution in [0.25, 0.3) is 0 Å². The molecule has 1 atom stereocenters. The lowest BCUT2D eigenvalue weighted by molar-refractivity contribution is -0.129. The van der Waals surface area contributed by atoms with E-state index in [9.17, 15) is 4.79 Å². The SMILES string of the molecule is CSCCCCCCNC(=O)C1(C)CCNC1. The fourth-order valence-electron chi connectivity index (χ4n) is 2.15. The second-order valence-electron chi connectivity index (χ2n) is 5.15. The Bertz CT molecular complexity index is 227. The average Bonchev–Trinajstić information content (AvgIpc) is 2.76. The van der Waals surface area contributed by atoms with Gasteiger partial charge in [-0.2, -0.15) is 11.8 Å². The number of rotatable bonds is 8. The predicted molar refractivity (Wildman–Crippen MR) is 75.5 cm³/mol. The van der Waals surface area contributed by atoms with Crippen LogP contribution in [-0.2, 0) is 4.79 Å². The Morgan fingerprint density at radius 1 is 1.35 bits per heavy atom. The molecule has 1 heterocycles. The Labute approximate surface area is 109 Å². The molecule has 1 saturated heterocycles. The first-order valence-electron chi connectivity index (χ1n) is 6.67. The molecule has 1 amide bonds. The number of nitrogens with one attached hydrogen (secondary N) is 2. The van der Waals surface area contributed by atoms with Crippen molar-refractivity contribution in [3.63, 3.8) is 0 Å². The maximum Gasteiger partial charge on any atom is 0.227 e. The minimum atomic E-state index is -0.168. The van der Waals surface area contributed by atoms with E-state index >= 15 is 0 Å². The van der Waals surface area contributed by atoms with Crippen LogP contribution in [0.3, 0.4) is 0 Å². The van der Waals surface area contributed by atoms with Gasteiger partial charge in [0.2, 0.25) is 5.91 Å². The second kappa shape index (κ2) is 7.98. The molecular weight excluding hydrogens is 232 g/mol. The van der Waals surface area contributed by atoms with Gasteiger partial charge < -0.3 is 10.6 Å². The summed E-state index contributed by atoms with van der Waals surface area (Å²) in [6.45, 7) is 4.69. The minimum Gasteiger partial charge on any atom is -0.356 e. The molecule has 0 spiro atoms. The molecule has 0 aromatic carbocycles. The Kier molecular flexibility index (Phi) is 6.97. The monoisotopic (exact) mass is 258 g/mol. The van der Waals surface area contributed by atoms with Gasteiger partial charge in [-0.1, -0.05) is 12.8 Å². The number of amides is 1.